The van der Waals surface area contributed by atoms with Crippen LogP contribution < -0.4 is 10.1 Å². The summed E-state index contributed by atoms with van der Waals surface area (Å²) >= 11 is 6.31. The smallest absolute Gasteiger partial charge is 0.254 e. The van der Waals surface area contributed by atoms with Gasteiger partial charge in [0, 0.05) is 48.9 Å². The van der Waals surface area contributed by atoms with E-state index in [1.165, 1.54) is 12.0 Å². The SMILES string of the molecule is COc1ccccc1C1(N2CC(F)CC2C(=O)N(C)C)C(=O)Nc2ccc(Cl)cc21. The molecule has 3 unspecified atom stereocenters. The Hall–Kier alpha value is -2.64. The molecule has 3 atom stereocenters. The number of fused-ring (bicyclic) bond motifs is 1. The van der Waals surface area contributed by atoms with Gasteiger partial charge in [0.05, 0.1) is 13.2 Å². The number of para-hydroxylation sites is 1. The summed E-state index contributed by atoms with van der Waals surface area (Å²) in [6.45, 7) is -0.0678. The second-order valence-electron chi connectivity index (χ2n) is 7.79. The molecule has 6 nitrogen and oxygen atoms in total. The maximum absolute atomic E-state index is 14.8. The van der Waals surface area contributed by atoms with Gasteiger partial charge < -0.3 is 15.0 Å². The highest BCUT2D eigenvalue weighted by Crippen LogP contribution is 2.51. The largest absolute Gasteiger partial charge is 0.496 e. The lowest BCUT2D eigenvalue weighted by atomic mass is 9.80. The van der Waals surface area contributed by atoms with Gasteiger partial charge in [-0.1, -0.05) is 29.8 Å². The van der Waals surface area contributed by atoms with E-state index in [2.05, 4.69) is 5.32 Å². The van der Waals surface area contributed by atoms with Crippen molar-refractivity contribution in [1.82, 2.24) is 9.80 Å². The Morgan fingerprint density at radius 1 is 1.27 bits per heavy atom. The van der Waals surface area contributed by atoms with Crippen LogP contribution in [-0.4, -0.2) is 61.6 Å². The number of halogens is 2. The molecule has 2 aromatic rings. The number of likely N-dealkylation sites (tertiary alicyclic amines) is 1. The van der Waals surface area contributed by atoms with Gasteiger partial charge in [0.1, 0.15) is 11.9 Å². The summed E-state index contributed by atoms with van der Waals surface area (Å²) in [5, 5.41) is 3.34. The minimum absolute atomic E-state index is 0.0110. The number of carbonyl (C=O) groups is 2. The Balaban J connectivity index is 2.03. The molecule has 4 rings (SSSR count). The Morgan fingerprint density at radius 3 is 2.70 bits per heavy atom. The van der Waals surface area contributed by atoms with Gasteiger partial charge in [-0.15, -0.1) is 0 Å². The summed E-state index contributed by atoms with van der Waals surface area (Å²) in [6.07, 6.45) is -1.24. The molecule has 8 heteroatoms. The van der Waals surface area contributed by atoms with Crippen LogP contribution in [0, 0.1) is 0 Å². The van der Waals surface area contributed by atoms with Gasteiger partial charge in [-0.2, -0.15) is 0 Å². The number of nitrogens with zero attached hydrogens (tertiary/aromatic N) is 2. The van der Waals surface area contributed by atoms with E-state index < -0.39 is 17.8 Å². The number of alkyl halides is 1. The van der Waals surface area contributed by atoms with Crippen molar-refractivity contribution >= 4 is 29.1 Å². The normalized spacial score (nSPS) is 25.7. The van der Waals surface area contributed by atoms with Crippen molar-refractivity contribution < 1.29 is 18.7 Å². The summed E-state index contributed by atoms with van der Waals surface area (Å²) in [6, 6.07) is 11.4. The van der Waals surface area contributed by atoms with Gasteiger partial charge in [0.2, 0.25) is 5.91 Å². The number of hydrogen-bond acceptors (Lipinski definition) is 4. The third-order valence-electron chi connectivity index (χ3n) is 5.85. The number of methoxy groups -OCH3 is 1. The monoisotopic (exact) mass is 431 g/mol. The van der Waals surface area contributed by atoms with Crippen molar-refractivity contribution in [3.05, 3.63) is 58.6 Å². The minimum Gasteiger partial charge on any atom is -0.496 e. The fraction of sp³-hybridized carbons (Fsp3) is 0.364. The highest BCUT2D eigenvalue weighted by molar-refractivity contribution is 6.31. The molecule has 2 aliphatic heterocycles. The molecule has 0 bridgehead atoms. The van der Waals surface area contributed by atoms with E-state index in [9.17, 15) is 14.0 Å². The van der Waals surface area contributed by atoms with Gasteiger partial charge in [0.25, 0.3) is 5.91 Å². The van der Waals surface area contributed by atoms with Gasteiger partial charge in [0.15, 0.2) is 5.54 Å². The molecular formula is C22H23ClFN3O3. The molecule has 30 heavy (non-hydrogen) atoms. The van der Waals surface area contributed by atoms with Crippen molar-refractivity contribution in [2.45, 2.75) is 24.2 Å². The predicted octanol–water partition coefficient (Wildman–Crippen LogP) is 3.04. The lowest BCUT2D eigenvalue weighted by molar-refractivity contribution is -0.138. The molecule has 0 aliphatic carbocycles. The van der Waals surface area contributed by atoms with Crippen LogP contribution in [0.15, 0.2) is 42.5 Å². The first-order valence-corrected chi connectivity index (χ1v) is 10.1. The fourth-order valence-electron chi connectivity index (χ4n) is 4.60. The topological polar surface area (TPSA) is 61.9 Å². The molecule has 1 fully saturated rings. The number of amides is 2. The van der Waals surface area contributed by atoms with Gasteiger partial charge >= 0.3 is 0 Å². The molecular weight excluding hydrogens is 409 g/mol. The standard InChI is InChI=1S/C22H23ClFN3O3/c1-26(2)20(28)18-11-14(24)12-27(18)22(15-6-4-5-7-19(15)30-3)16-10-13(23)8-9-17(16)25-21(22)29/h4-10,14,18H,11-12H2,1-3H3,(H,25,29). The first-order valence-electron chi connectivity index (χ1n) is 9.67. The number of anilines is 1. The van der Waals surface area contributed by atoms with Crippen molar-refractivity contribution in [2.24, 2.45) is 0 Å². The van der Waals surface area contributed by atoms with Crippen LogP contribution >= 0.6 is 11.6 Å². The van der Waals surface area contributed by atoms with Crippen LogP contribution in [0.3, 0.4) is 0 Å². The van der Waals surface area contributed by atoms with Crippen LogP contribution in [0.5, 0.6) is 5.75 Å². The highest BCUT2D eigenvalue weighted by Gasteiger charge is 2.59. The zero-order chi connectivity index (χ0) is 21.6. The van der Waals surface area contributed by atoms with Crippen LogP contribution in [0.2, 0.25) is 5.02 Å². The van der Waals surface area contributed by atoms with Crippen molar-refractivity contribution in [3.8, 4) is 5.75 Å². The van der Waals surface area contributed by atoms with E-state index in [1.54, 1.807) is 61.5 Å². The quantitative estimate of drug-likeness (QED) is 0.808. The molecule has 0 aromatic heterocycles. The summed E-state index contributed by atoms with van der Waals surface area (Å²) in [5.74, 6) is -0.151. The van der Waals surface area contributed by atoms with Crippen molar-refractivity contribution in [3.63, 3.8) is 0 Å². The minimum atomic E-state index is -1.45. The molecule has 2 amide bonds. The van der Waals surface area contributed by atoms with Crippen LogP contribution in [0.25, 0.3) is 0 Å². The number of likely N-dealkylation sites (N-methyl/N-ethyl adjacent to an activating group) is 1. The molecule has 0 spiro atoms. The number of carbonyl (C=O) groups excluding carboxylic acids is 2. The average Bonchev–Trinajstić information content (AvgIpc) is 3.24. The van der Waals surface area contributed by atoms with Gasteiger partial charge in [-0.05, 0) is 24.3 Å². The van der Waals surface area contributed by atoms with Crippen molar-refractivity contribution in [2.75, 3.05) is 33.1 Å². The van der Waals surface area contributed by atoms with E-state index in [-0.39, 0.29) is 24.8 Å². The molecule has 1 saturated heterocycles. The number of rotatable bonds is 4. The number of hydrogen-bond donors (Lipinski definition) is 1. The Kier molecular flexibility index (Phi) is 5.20. The van der Waals surface area contributed by atoms with Gasteiger partial charge in [-0.25, -0.2) is 4.39 Å². The highest BCUT2D eigenvalue weighted by atomic mass is 35.5. The maximum Gasteiger partial charge on any atom is 0.254 e. The molecule has 2 aliphatic rings. The van der Waals surface area contributed by atoms with Crippen molar-refractivity contribution in [1.29, 1.82) is 0 Å². The van der Waals surface area contributed by atoms with Gasteiger partial charge in [-0.3, -0.25) is 14.5 Å². The number of nitrogens with one attached hydrogen (secondary N) is 1. The molecule has 0 saturated carbocycles. The van der Waals surface area contributed by atoms with E-state index in [4.69, 9.17) is 16.3 Å². The van der Waals surface area contributed by atoms with E-state index in [0.29, 0.717) is 27.6 Å². The first-order chi connectivity index (χ1) is 14.3. The van der Waals surface area contributed by atoms with Crippen LogP contribution in [0.4, 0.5) is 10.1 Å². The van der Waals surface area contributed by atoms with Crippen LogP contribution in [0.1, 0.15) is 17.5 Å². The van der Waals surface area contributed by atoms with Crippen LogP contribution in [-0.2, 0) is 15.1 Å². The maximum atomic E-state index is 14.8. The molecule has 0 radical (unpaired) electrons. The molecule has 2 heterocycles. The second kappa shape index (κ2) is 7.56. The average molecular weight is 432 g/mol. The summed E-state index contributed by atoms with van der Waals surface area (Å²) in [7, 11) is 4.77. The first kappa shape index (κ1) is 20.6. The second-order valence-corrected chi connectivity index (χ2v) is 8.22. The van der Waals surface area contributed by atoms with E-state index in [0.717, 1.165) is 0 Å². The Bertz CT molecular complexity index is 1010. The Labute approximate surface area is 179 Å². The fourth-order valence-corrected chi connectivity index (χ4v) is 4.77. The summed E-state index contributed by atoms with van der Waals surface area (Å²) < 4.78 is 20.3. The van der Waals surface area contributed by atoms with E-state index >= 15 is 0 Å². The zero-order valence-corrected chi connectivity index (χ0v) is 17.7. The lowest BCUT2D eigenvalue weighted by Gasteiger charge is -2.41. The third kappa shape index (κ3) is 2.96. The molecule has 158 valence electrons. The van der Waals surface area contributed by atoms with E-state index in [1.807, 2.05) is 0 Å². The summed E-state index contributed by atoms with van der Waals surface area (Å²) in [5.41, 5.74) is 0.241. The number of benzene rings is 2. The third-order valence-corrected chi connectivity index (χ3v) is 6.09. The molecule has 1 N–H and O–H groups in total. The zero-order valence-electron chi connectivity index (χ0n) is 17.0. The lowest BCUT2D eigenvalue weighted by Crippen LogP contribution is -2.57. The predicted molar refractivity (Wildman–Crippen MR) is 113 cm³/mol. The number of ether oxygens (including phenoxy) is 1. The molecule has 2 aromatic carbocycles. The Morgan fingerprint density at radius 2 is 2.00 bits per heavy atom. The summed E-state index contributed by atoms with van der Waals surface area (Å²) in [4.78, 5) is 29.8.